The van der Waals surface area contributed by atoms with Gasteiger partial charge in [0, 0.05) is 28.2 Å². The quantitative estimate of drug-likeness (QED) is 0.594. The third-order valence-corrected chi connectivity index (χ3v) is 2.85. The molecule has 2 rings (SSSR count). The van der Waals surface area contributed by atoms with Crippen molar-refractivity contribution >= 4 is 6.29 Å². The van der Waals surface area contributed by atoms with Crippen LogP contribution in [0.25, 0.3) is 0 Å². The maximum Gasteiger partial charge on any atom is 0.201 e. The van der Waals surface area contributed by atoms with Gasteiger partial charge in [-0.3, -0.25) is 9.78 Å². The van der Waals surface area contributed by atoms with Crippen LogP contribution in [0.5, 0.6) is 0 Å². The number of pyridine rings is 1. The second-order valence-corrected chi connectivity index (χ2v) is 3.91. The lowest BCUT2D eigenvalue weighted by molar-refractivity contribution is -0.108. The van der Waals surface area contributed by atoms with Crippen molar-refractivity contribution in [2.75, 3.05) is 14.2 Å². The number of hydrogen-bond acceptors (Lipinski definition) is 4. The number of fused-ring (bicyclic) bond motifs is 1. The summed E-state index contributed by atoms with van der Waals surface area (Å²) in [4.78, 5) is 15.6. The van der Waals surface area contributed by atoms with Crippen molar-refractivity contribution in [2.24, 2.45) is 0 Å². The third-order valence-electron chi connectivity index (χ3n) is 2.85. The molecule has 0 atom stereocenters. The Morgan fingerprint density at radius 2 is 2.24 bits per heavy atom. The number of carbonyl (C=O) groups is 1. The SMILES string of the molecule is [2H]C1([2H])CCCc2nc(C(OC)OC)c(C=O)cc21. The lowest BCUT2D eigenvalue weighted by atomic mass is 9.94. The van der Waals surface area contributed by atoms with Crippen LogP contribution in [0.4, 0.5) is 0 Å². The topological polar surface area (TPSA) is 48.4 Å². The highest BCUT2D eigenvalue weighted by atomic mass is 16.7. The summed E-state index contributed by atoms with van der Waals surface area (Å²) < 4.78 is 26.3. The molecule has 1 heterocycles. The van der Waals surface area contributed by atoms with E-state index in [0.717, 1.165) is 6.42 Å². The maximum absolute atomic E-state index is 11.2. The molecule has 0 aromatic carbocycles. The summed E-state index contributed by atoms with van der Waals surface area (Å²) in [6.45, 7) is 0. The number of ether oxygens (including phenoxy) is 2. The van der Waals surface area contributed by atoms with E-state index in [2.05, 4.69) is 4.98 Å². The number of carbonyl (C=O) groups excluding carboxylic acids is 1. The summed E-state index contributed by atoms with van der Waals surface area (Å²) in [5, 5.41) is 0. The highest BCUT2D eigenvalue weighted by Gasteiger charge is 2.20. The summed E-state index contributed by atoms with van der Waals surface area (Å²) in [6.07, 6.45) is 0.444. The van der Waals surface area contributed by atoms with Crippen molar-refractivity contribution in [1.29, 1.82) is 0 Å². The van der Waals surface area contributed by atoms with Crippen LogP contribution in [-0.4, -0.2) is 25.5 Å². The predicted molar refractivity (Wildman–Crippen MR) is 63.0 cm³/mol. The van der Waals surface area contributed by atoms with Crippen LogP contribution in [0.3, 0.4) is 0 Å². The van der Waals surface area contributed by atoms with Crippen molar-refractivity contribution in [3.8, 4) is 0 Å². The highest BCUT2D eigenvalue weighted by Crippen LogP contribution is 2.25. The monoisotopic (exact) mass is 237 g/mol. The molecular weight excluding hydrogens is 218 g/mol. The smallest absolute Gasteiger partial charge is 0.201 e. The van der Waals surface area contributed by atoms with Gasteiger partial charge in [-0.15, -0.1) is 0 Å². The van der Waals surface area contributed by atoms with E-state index in [1.807, 2.05) is 0 Å². The van der Waals surface area contributed by atoms with Gasteiger partial charge in [0.15, 0.2) is 6.29 Å². The molecule has 0 amide bonds. The summed E-state index contributed by atoms with van der Waals surface area (Å²) >= 11 is 0. The maximum atomic E-state index is 11.2. The fourth-order valence-electron chi connectivity index (χ4n) is 2.01. The van der Waals surface area contributed by atoms with Crippen LogP contribution in [0, 0.1) is 0 Å². The zero-order chi connectivity index (χ0) is 14.0. The molecule has 92 valence electrons. The van der Waals surface area contributed by atoms with E-state index in [1.165, 1.54) is 14.2 Å². The highest BCUT2D eigenvalue weighted by molar-refractivity contribution is 5.77. The molecule has 4 nitrogen and oxygen atoms in total. The first-order valence-electron chi connectivity index (χ1n) is 6.58. The number of nitrogens with zero attached hydrogens (tertiary/aromatic N) is 1. The van der Waals surface area contributed by atoms with Crippen molar-refractivity contribution < 1.29 is 17.0 Å². The molecule has 0 radical (unpaired) electrons. The molecule has 1 aromatic heterocycles. The van der Waals surface area contributed by atoms with Crippen molar-refractivity contribution in [3.63, 3.8) is 0 Å². The molecule has 1 aliphatic rings. The van der Waals surface area contributed by atoms with Crippen LogP contribution < -0.4 is 0 Å². The summed E-state index contributed by atoms with van der Waals surface area (Å²) in [5.41, 5.74) is 1.93. The van der Waals surface area contributed by atoms with Gasteiger partial charge < -0.3 is 9.47 Å². The van der Waals surface area contributed by atoms with Crippen molar-refractivity contribution in [1.82, 2.24) is 4.98 Å². The van der Waals surface area contributed by atoms with Gasteiger partial charge in [-0.05, 0) is 37.3 Å². The minimum absolute atomic E-state index is 0.318. The van der Waals surface area contributed by atoms with E-state index in [4.69, 9.17) is 12.2 Å². The van der Waals surface area contributed by atoms with Gasteiger partial charge in [-0.25, -0.2) is 0 Å². The minimum atomic E-state index is -1.42. The molecule has 1 aliphatic carbocycles. The second-order valence-electron chi connectivity index (χ2n) is 3.91. The van der Waals surface area contributed by atoms with E-state index in [1.54, 1.807) is 6.07 Å². The predicted octanol–water partition coefficient (Wildman–Crippen LogP) is 2.06. The van der Waals surface area contributed by atoms with Gasteiger partial charge in [0.2, 0.25) is 6.29 Å². The molecular formula is C13H17NO3. The lowest BCUT2D eigenvalue weighted by Crippen LogP contribution is -2.14. The van der Waals surface area contributed by atoms with Gasteiger partial charge in [0.25, 0.3) is 0 Å². The van der Waals surface area contributed by atoms with Crippen LogP contribution in [0.15, 0.2) is 6.07 Å². The molecule has 4 heteroatoms. The molecule has 0 saturated heterocycles. The molecule has 0 bridgehead atoms. The Balaban J connectivity index is 2.56. The van der Waals surface area contributed by atoms with Crippen LogP contribution in [-0.2, 0) is 22.3 Å². The van der Waals surface area contributed by atoms with Crippen LogP contribution >= 0.6 is 0 Å². The second kappa shape index (κ2) is 5.38. The largest absolute Gasteiger partial charge is 0.350 e. The van der Waals surface area contributed by atoms with Gasteiger partial charge in [-0.1, -0.05) is 0 Å². The van der Waals surface area contributed by atoms with E-state index in [0.29, 0.717) is 41.6 Å². The molecule has 1 aromatic rings. The number of hydrogen-bond donors (Lipinski definition) is 0. The summed E-state index contributed by atoms with van der Waals surface area (Å²) in [5.74, 6) is 0. The van der Waals surface area contributed by atoms with E-state index >= 15 is 0 Å². The Bertz CT molecular complexity index is 487. The number of rotatable bonds is 4. The molecule has 0 unspecified atom stereocenters. The Labute approximate surface area is 104 Å². The Hall–Kier alpha value is -1.26. The van der Waals surface area contributed by atoms with Gasteiger partial charge in [0.1, 0.15) is 5.69 Å². The Morgan fingerprint density at radius 3 is 2.88 bits per heavy atom. The average Bonchev–Trinajstić information content (AvgIpc) is 2.39. The summed E-state index contributed by atoms with van der Waals surface area (Å²) in [6, 6.07) is 1.58. The first-order chi connectivity index (χ1) is 9.03. The molecule has 0 fully saturated rings. The number of aromatic nitrogens is 1. The first-order valence-corrected chi connectivity index (χ1v) is 5.58. The molecule has 0 aliphatic heterocycles. The van der Waals surface area contributed by atoms with Crippen molar-refractivity contribution in [2.45, 2.75) is 31.9 Å². The number of aryl methyl sites for hydroxylation is 2. The van der Waals surface area contributed by atoms with Gasteiger partial charge >= 0.3 is 0 Å². The lowest BCUT2D eigenvalue weighted by Gasteiger charge is -2.20. The standard InChI is InChI=1S/C13H17NO3/c1-16-13(17-2)12-10(8-15)7-9-5-3-4-6-11(9)14-12/h7-8,13H,3-6H2,1-2H3/i5D2. The number of aldehydes is 1. The van der Waals surface area contributed by atoms with Crippen LogP contribution in [0.2, 0.25) is 0 Å². The van der Waals surface area contributed by atoms with Crippen LogP contribution in [0.1, 0.15) is 49.2 Å². The van der Waals surface area contributed by atoms with Gasteiger partial charge in [-0.2, -0.15) is 0 Å². The third kappa shape index (κ3) is 2.37. The Kier molecular flexibility index (Phi) is 3.08. The number of methoxy groups -OCH3 is 2. The fourth-order valence-corrected chi connectivity index (χ4v) is 2.01. The van der Waals surface area contributed by atoms with E-state index in [-0.39, 0.29) is 0 Å². The van der Waals surface area contributed by atoms with Gasteiger partial charge in [0.05, 0.1) is 0 Å². The molecule has 0 N–H and O–H groups in total. The molecule has 0 spiro atoms. The minimum Gasteiger partial charge on any atom is -0.350 e. The fraction of sp³-hybridized carbons (Fsp3) is 0.538. The van der Waals surface area contributed by atoms with E-state index in [9.17, 15) is 4.79 Å². The van der Waals surface area contributed by atoms with Crippen molar-refractivity contribution in [3.05, 3.63) is 28.6 Å². The first kappa shape index (κ1) is 9.74. The summed E-state index contributed by atoms with van der Waals surface area (Å²) in [7, 11) is 2.95. The Morgan fingerprint density at radius 1 is 1.47 bits per heavy atom. The van der Waals surface area contributed by atoms with E-state index < -0.39 is 12.7 Å². The average molecular weight is 237 g/mol. The zero-order valence-electron chi connectivity index (χ0n) is 12.0. The molecule has 0 saturated carbocycles. The normalized spacial score (nSPS) is 19.5. The zero-order valence-corrected chi connectivity index (χ0v) is 10.0. The molecule has 17 heavy (non-hydrogen) atoms.